The summed E-state index contributed by atoms with van der Waals surface area (Å²) in [5, 5.41) is 11.5. The Kier molecular flexibility index (Phi) is 4.56. The number of benzene rings is 1. The van der Waals surface area contributed by atoms with E-state index in [1.165, 1.54) is 17.0 Å². The highest BCUT2D eigenvalue weighted by molar-refractivity contribution is 9.10. The van der Waals surface area contributed by atoms with Gasteiger partial charge in [0, 0.05) is 24.6 Å². The molecular formula is C15H16BrN3O4. The molecule has 0 saturated heterocycles. The Labute approximate surface area is 141 Å². The third-order valence-corrected chi connectivity index (χ3v) is 3.54. The van der Waals surface area contributed by atoms with E-state index in [0.717, 1.165) is 0 Å². The smallest absolute Gasteiger partial charge is 0.415 e. The first-order chi connectivity index (χ1) is 10.6. The Morgan fingerprint density at radius 3 is 2.57 bits per heavy atom. The van der Waals surface area contributed by atoms with E-state index in [0.29, 0.717) is 21.2 Å². The number of aromatic nitrogens is 1. The molecule has 2 aromatic rings. The van der Waals surface area contributed by atoms with Crippen LogP contribution in [0.5, 0.6) is 0 Å². The van der Waals surface area contributed by atoms with Crippen molar-refractivity contribution in [3.63, 3.8) is 0 Å². The number of hydrogen-bond donors (Lipinski definition) is 0. The molecule has 0 fully saturated rings. The zero-order valence-corrected chi connectivity index (χ0v) is 14.7. The van der Waals surface area contributed by atoms with Gasteiger partial charge >= 0.3 is 6.09 Å². The number of halogens is 1. The summed E-state index contributed by atoms with van der Waals surface area (Å²) in [4.78, 5) is 28.2. The Hall–Kier alpha value is -2.22. The van der Waals surface area contributed by atoms with E-state index in [1.54, 1.807) is 40.0 Å². The summed E-state index contributed by atoms with van der Waals surface area (Å²) in [5.41, 5.74) is -0.105. The predicted molar refractivity (Wildman–Crippen MR) is 90.7 cm³/mol. The summed E-state index contributed by atoms with van der Waals surface area (Å²) < 4.78 is 5.78. The van der Waals surface area contributed by atoms with Crippen molar-refractivity contribution in [2.24, 2.45) is 0 Å². The van der Waals surface area contributed by atoms with Crippen molar-refractivity contribution < 1.29 is 14.5 Å². The van der Waals surface area contributed by atoms with Gasteiger partial charge < -0.3 is 4.74 Å². The van der Waals surface area contributed by atoms with Crippen LogP contribution in [0.25, 0.3) is 10.9 Å². The molecule has 0 unspecified atom stereocenters. The molecule has 0 radical (unpaired) electrons. The van der Waals surface area contributed by atoms with Crippen LogP contribution in [0.2, 0.25) is 0 Å². The molecule has 0 bridgehead atoms. The molecule has 122 valence electrons. The normalized spacial score (nSPS) is 11.3. The molecule has 2 rings (SSSR count). The highest BCUT2D eigenvalue weighted by Crippen LogP contribution is 2.30. The van der Waals surface area contributed by atoms with E-state index in [1.807, 2.05) is 0 Å². The number of fused-ring (bicyclic) bond motifs is 1. The van der Waals surface area contributed by atoms with Crippen molar-refractivity contribution in [2.75, 3.05) is 11.9 Å². The van der Waals surface area contributed by atoms with Crippen molar-refractivity contribution in [3.05, 3.63) is 38.9 Å². The summed E-state index contributed by atoms with van der Waals surface area (Å²) >= 11 is 3.28. The minimum atomic E-state index is -0.608. The number of carbonyl (C=O) groups excluding carboxylic acids is 1. The number of nitro benzene ring substituents is 1. The fourth-order valence-electron chi connectivity index (χ4n) is 1.88. The lowest BCUT2D eigenvalue weighted by Gasteiger charge is -2.24. The summed E-state index contributed by atoms with van der Waals surface area (Å²) in [6.07, 6.45) is -0.526. The number of hydrogen-bond acceptors (Lipinski definition) is 5. The minimum absolute atomic E-state index is 0.0283. The summed E-state index contributed by atoms with van der Waals surface area (Å²) in [6, 6.07) is 6.11. The SMILES string of the molecule is CN(C(=O)OC(C)(C)C)c1ccc2cc([N+](=O)[O-])cc(Br)c2n1. The fourth-order valence-corrected chi connectivity index (χ4v) is 2.43. The molecule has 0 aliphatic heterocycles. The van der Waals surface area contributed by atoms with Crippen molar-refractivity contribution in [1.29, 1.82) is 0 Å². The number of anilines is 1. The van der Waals surface area contributed by atoms with E-state index in [2.05, 4.69) is 20.9 Å². The highest BCUT2D eigenvalue weighted by Gasteiger charge is 2.22. The Morgan fingerprint density at radius 1 is 1.35 bits per heavy atom. The standard InChI is InChI=1S/C15H16BrN3O4/c1-15(2,3)23-14(20)18(4)12-6-5-9-7-10(19(21)22)8-11(16)13(9)17-12/h5-8H,1-4H3. The Balaban J connectivity index is 2.40. The van der Waals surface area contributed by atoms with Crippen molar-refractivity contribution >= 4 is 44.4 Å². The maximum absolute atomic E-state index is 12.1. The van der Waals surface area contributed by atoms with Crippen LogP contribution in [-0.4, -0.2) is 28.6 Å². The minimum Gasteiger partial charge on any atom is -0.443 e. The quantitative estimate of drug-likeness (QED) is 0.572. The first-order valence-corrected chi connectivity index (χ1v) is 7.59. The Morgan fingerprint density at radius 2 is 2.00 bits per heavy atom. The van der Waals surface area contributed by atoms with Crippen LogP contribution < -0.4 is 4.90 Å². The molecule has 0 atom stereocenters. The summed E-state index contributed by atoms with van der Waals surface area (Å²) in [5.74, 6) is 0.390. The lowest BCUT2D eigenvalue weighted by atomic mass is 10.2. The molecule has 1 aromatic heterocycles. The number of amides is 1. The molecule has 1 heterocycles. The maximum Gasteiger partial charge on any atom is 0.415 e. The average molecular weight is 382 g/mol. The number of nitro groups is 1. The van der Waals surface area contributed by atoms with Gasteiger partial charge in [0.15, 0.2) is 0 Å². The van der Waals surface area contributed by atoms with Gasteiger partial charge in [0.25, 0.3) is 5.69 Å². The molecule has 8 heteroatoms. The monoisotopic (exact) mass is 381 g/mol. The summed E-state index contributed by atoms with van der Waals surface area (Å²) in [6.45, 7) is 5.34. The number of rotatable bonds is 2. The number of nitrogens with zero attached hydrogens (tertiary/aromatic N) is 3. The first kappa shape index (κ1) is 17.1. The van der Waals surface area contributed by atoms with Gasteiger partial charge in [0.05, 0.1) is 14.9 Å². The first-order valence-electron chi connectivity index (χ1n) is 6.80. The number of non-ortho nitro benzene ring substituents is 1. The van der Waals surface area contributed by atoms with Crippen molar-refractivity contribution in [1.82, 2.24) is 4.98 Å². The number of carbonyl (C=O) groups is 1. The van der Waals surface area contributed by atoms with Crippen LogP contribution in [0.15, 0.2) is 28.7 Å². The van der Waals surface area contributed by atoms with Crippen LogP contribution in [0.1, 0.15) is 20.8 Å². The van der Waals surface area contributed by atoms with Crippen LogP contribution >= 0.6 is 15.9 Å². The lowest BCUT2D eigenvalue weighted by molar-refractivity contribution is -0.384. The van der Waals surface area contributed by atoms with Gasteiger partial charge in [-0.1, -0.05) is 0 Å². The van der Waals surface area contributed by atoms with Gasteiger partial charge in [-0.15, -0.1) is 0 Å². The largest absolute Gasteiger partial charge is 0.443 e. The third kappa shape index (κ3) is 3.95. The maximum atomic E-state index is 12.1. The van der Waals surface area contributed by atoms with Crippen molar-refractivity contribution in [3.8, 4) is 0 Å². The van der Waals surface area contributed by atoms with E-state index >= 15 is 0 Å². The predicted octanol–water partition coefficient (Wildman–Crippen LogP) is 4.28. The number of ether oxygens (including phenoxy) is 1. The molecule has 0 N–H and O–H groups in total. The van der Waals surface area contributed by atoms with Gasteiger partial charge in [-0.3, -0.25) is 15.0 Å². The molecule has 0 aliphatic carbocycles. The average Bonchev–Trinajstić information content (AvgIpc) is 2.44. The van der Waals surface area contributed by atoms with Crippen molar-refractivity contribution in [2.45, 2.75) is 26.4 Å². The zero-order chi connectivity index (χ0) is 17.4. The van der Waals surface area contributed by atoms with Crippen LogP contribution in [0.3, 0.4) is 0 Å². The molecule has 7 nitrogen and oxygen atoms in total. The van der Waals surface area contributed by atoms with E-state index in [-0.39, 0.29) is 5.69 Å². The van der Waals surface area contributed by atoms with Crippen LogP contribution in [0.4, 0.5) is 16.3 Å². The second kappa shape index (κ2) is 6.11. The zero-order valence-electron chi connectivity index (χ0n) is 13.2. The van der Waals surface area contributed by atoms with E-state index in [4.69, 9.17) is 4.74 Å². The molecule has 1 aromatic carbocycles. The van der Waals surface area contributed by atoms with Gasteiger partial charge in [0.1, 0.15) is 11.4 Å². The molecule has 23 heavy (non-hydrogen) atoms. The topological polar surface area (TPSA) is 85.6 Å². The van der Waals surface area contributed by atoms with E-state index < -0.39 is 16.6 Å². The molecule has 0 spiro atoms. The lowest BCUT2D eigenvalue weighted by Crippen LogP contribution is -2.34. The van der Waals surface area contributed by atoms with Crippen LogP contribution in [0, 0.1) is 10.1 Å². The second-order valence-electron chi connectivity index (χ2n) is 5.97. The fraction of sp³-hybridized carbons (Fsp3) is 0.333. The second-order valence-corrected chi connectivity index (χ2v) is 6.82. The highest BCUT2D eigenvalue weighted by atomic mass is 79.9. The van der Waals surface area contributed by atoms with Gasteiger partial charge in [-0.2, -0.15) is 0 Å². The molecular weight excluding hydrogens is 366 g/mol. The van der Waals surface area contributed by atoms with Gasteiger partial charge in [0.2, 0.25) is 0 Å². The molecule has 0 aliphatic rings. The van der Waals surface area contributed by atoms with Crippen LogP contribution in [-0.2, 0) is 4.74 Å². The van der Waals surface area contributed by atoms with Gasteiger partial charge in [-0.25, -0.2) is 9.78 Å². The third-order valence-electron chi connectivity index (χ3n) is 2.94. The van der Waals surface area contributed by atoms with Gasteiger partial charge in [-0.05, 0) is 48.8 Å². The number of pyridine rings is 1. The molecule has 1 amide bonds. The Bertz CT molecular complexity index is 786. The van der Waals surface area contributed by atoms with E-state index in [9.17, 15) is 14.9 Å². The summed E-state index contributed by atoms with van der Waals surface area (Å²) in [7, 11) is 1.56. The molecule has 0 saturated carbocycles.